The molecule has 0 aliphatic heterocycles. The van der Waals surface area contributed by atoms with E-state index in [1.807, 2.05) is 0 Å². The molecule has 1 fully saturated rings. The molecule has 106 valence electrons. The van der Waals surface area contributed by atoms with Crippen LogP contribution in [0.15, 0.2) is 6.07 Å². The Labute approximate surface area is 114 Å². The highest BCUT2D eigenvalue weighted by atomic mass is 35.5. The van der Waals surface area contributed by atoms with Crippen LogP contribution in [-0.4, -0.2) is 27.6 Å². The van der Waals surface area contributed by atoms with Gasteiger partial charge in [-0.15, -0.1) is 0 Å². The first-order chi connectivity index (χ1) is 8.62. The van der Waals surface area contributed by atoms with Crippen molar-refractivity contribution in [3.8, 4) is 0 Å². The number of hydrogen-bond donors (Lipinski definition) is 1. The van der Waals surface area contributed by atoms with Crippen molar-refractivity contribution in [2.45, 2.75) is 44.3 Å². The van der Waals surface area contributed by atoms with Crippen LogP contribution in [0.3, 0.4) is 0 Å². The maximum absolute atomic E-state index is 13.6. The highest BCUT2D eigenvalue weighted by molar-refractivity contribution is 6.28. The zero-order valence-corrected chi connectivity index (χ0v) is 11.6. The van der Waals surface area contributed by atoms with E-state index in [1.165, 1.54) is 19.9 Å². The summed E-state index contributed by atoms with van der Waals surface area (Å²) in [6, 6.07) is 1.32. The zero-order valence-electron chi connectivity index (χ0n) is 10.9. The summed E-state index contributed by atoms with van der Waals surface area (Å²) >= 11 is 5.75. The van der Waals surface area contributed by atoms with Crippen LogP contribution in [0.2, 0.25) is 5.28 Å². The quantitative estimate of drug-likeness (QED) is 0.867. The molecular weight excluding hydrogens is 278 g/mol. The van der Waals surface area contributed by atoms with Gasteiger partial charge < -0.3 is 9.84 Å². The number of ether oxygens (including phenoxy) is 1. The smallest absolute Gasteiger partial charge is 0.285 e. The number of aliphatic hydroxyl groups is 1. The Morgan fingerprint density at radius 3 is 2.47 bits per heavy atom. The van der Waals surface area contributed by atoms with Gasteiger partial charge in [0.25, 0.3) is 5.92 Å². The van der Waals surface area contributed by atoms with Crippen molar-refractivity contribution in [2.24, 2.45) is 0 Å². The molecule has 1 heterocycles. The largest absolute Gasteiger partial charge is 0.384 e. The van der Waals surface area contributed by atoms with E-state index in [0.717, 1.165) is 0 Å². The highest BCUT2D eigenvalue weighted by Gasteiger charge is 2.75. The summed E-state index contributed by atoms with van der Waals surface area (Å²) in [5.74, 6) is -2.97. The average molecular weight is 293 g/mol. The lowest BCUT2D eigenvalue weighted by atomic mass is 10.0. The Hall–Kier alpha value is -0.850. The first kappa shape index (κ1) is 14.6. The lowest BCUT2D eigenvalue weighted by Gasteiger charge is -2.21. The van der Waals surface area contributed by atoms with Crippen molar-refractivity contribution in [1.82, 2.24) is 9.97 Å². The Kier molecular flexibility index (Phi) is 3.32. The molecule has 1 aromatic heterocycles. The first-order valence-corrected chi connectivity index (χ1v) is 6.30. The molecule has 1 aliphatic carbocycles. The third-order valence-corrected chi connectivity index (χ3v) is 3.24. The summed E-state index contributed by atoms with van der Waals surface area (Å²) in [4.78, 5) is 7.69. The third-order valence-electron chi connectivity index (χ3n) is 3.07. The lowest BCUT2D eigenvalue weighted by Crippen LogP contribution is -2.25. The van der Waals surface area contributed by atoms with Gasteiger partial charge in [-0.2, -0.15) is 0 Å². The number of halogens is 3. The van der Waals surface area contributed by atoms with E-state index in [4.69, 9.17) is 16.3 Å². The van der Waals surface area contributed by atoms with E-state index < -0.39 is 23.5 Å². The fraction of sp³-hybridized carbons (Fsp3) is 0.667. The van der Waals surface area contributed by atoms with Gasteiger partial charge in [-0.25, -0.2) is 18.7 Å². The van der Waals surface area contributed by atoms with Crippen LogP contribution in [0.4, 0.5) is 8.78 Å². The van der Waals surface area contributed by atoms with Crippen LogP contribution in [0.1, 0.15) is 38.6 Å². The molecule has 1 atom stereocenters. The molecule has 1 N–H and O–H groups in total. The molecule has 1 unspecified atom stereocenters. The van der Waals surface area contributed by atoms with Gasteiger partial charge in [0.05, 0.1) is 17.8 Å². The van der Waals surface area contributed by atoms with Crippen LogP contribution in [0.5, 0.6) is 0 Å². The minimum absolute atomic E-state index is 0.0106. The molecule has 2 rings (SSSR count). The number of rotatable bonds is 4. The molecule has 7 heteroatoms. The van der Waals surface area contributed by atoms with Crippen LogP contribution in [0, 0.1) is 0 Å². The maximum atomic E-state index is 13.6. The fourth-order valence-corrected chi connectivity index (χ4v) is 2.14. The van der Waals surface area contributed by atoms with E-state index >= 15 is 0 Å². The van der Waals surface area contributed by atoms with E-state index in [0.29, 0.717) is 0 Å². The van der Waals surface area contributed by atoms with E-state index in [9.17, 15) is 13.9 Å². The molecule has 1 aliphatic rings. The second kappa shape index (κ2) is 4.33. The van der Waals surface area contributed by atoms with Crippen LogP contribution in [0.25, 0.3) is 0 Å². The molecule has 4 nitrogen and oxygen atoms in total. The summed E-state index contributed by atoms with van der Waals surface area (Å²) < 4.78 is 32.4. The predicted molar refractivity (Wildman–Crippen MR) is 65.2 cm³/mol. The van der Waals surface area contributed by atoms with Crippen LogP contribution >= 0.6 is 11.6 Å². The third kappa shape index (κ3) is 2.44. The Bertz CT molecular complexity index is 505. The summed E-state index contributed by atoms with van der Waals surface area (Å²) in [6.07, 6.45) is -0.438. The van der Waals surface area contributed by atoms with Gasteiger partial charge >= 0.3 is 0 Å². The average Bonchev–Trinajstić information content (AvgIpc) is 2.80. The Balaban J connectivity index is 2.49. The number of aromatic nitrogens is 2. The van der Waals surface area contributed by atoms with Crippen molar-refractivity contribution in [3.63, 3.8) is 0 Å². The van der Waals surface area contributed by atoms with Gasteiger partial charge in [-0.3, -0.25) is 0 Å². The van der Waals surface area contributed by atoms with Gasteiger partial charge in [-0.05, 0) is 38.4 Å². The minimum atomic E-state index is -2.97. The normalized spacial score (nSPS) is 25.4. The van der Waals surface area contributed by atoms with Crippen molar-refractivity contribution in [3.05, 3.63) is 22.7 Å². The van der Waals surface area contributed by atoms with Crippen molar-refractivity contribution < 1.29 is 18.6 Å². The van der Waals surface area contributed by atoms with Crippen LogP contribution in [-0.2, 0) is 15.9 Å². The highest BCUT2D eigenvalue weighted by Crippen LogP contribution is 2.62. The Morgan fingerprint density at radius 1 is 1.47 bits per heavy atom. The van der Waals surface area contributed by atoms with E-state index in [2.05, 4.69) is 9.97 Å². The number of nitrogens with zero attached hydrogens (tertiary/aromatic N) is 2. The Morgan fingerprint density at radius 2 is 2.05 bits per heavy atom. The second-order valence-electron chi connectivity index (χ2n) is 5.11. The molecule has 0 amide bonds. The molecule has 0 saturated heterocycles. The molecular formula is C12H15ClF2N2O2. The summed E-state index contributed by atoms with van der Waals surface area (Å²) in [7, 11) is 0. The number of hydrogen-bond acceptors (Lipinski definition) is 4. The van der Waals surface area contributed by atoms with Gasteiger partial charge in [-0.1, -0.05) is 0 Å². The molecule has 0 bridgehead atoms. The van der Waals surface area contributed by atoms with Crippen molar-refractivity contribution >= 4 is 11.6 Å². The lowest BCUT2D eigenvalue weighted by molar-refractivity contribution is -0.0575. The monoisotopic (exact) mass is 292 g/mol. The van der Waals surface area contributed by atoms with Gasteiger partial charge in [0.1, 0.15) is 5.60 Å². The van der Waals surface area contributed by atoms with Gasteiger partial charge in [0, 0.05) is 6.61 Å². The topological polar surface area (TPSA) is 55.2 Å². The molecule has 0 spiro atoms. The van der Waals surface area contributed by atoms with Crippen molar-refractivity contribution in [2.75, 3.05) is 6.61 Å². The minimum Gasteiger partial charge on any atom is -0.384 e. The molecule has 19 heavy (non-hydrogen) atoms. The van der Waals surface area contributed by atoms with Gasteiger partial charge in [0.2, 0.25) is 5.28 Å². The van der Waals surface area contributed by atoms with E-state index in [1.54, 1.807) is 6.92 Å². The predicted octanol–water partition coefficient (Wildman–Crippen LogP) is 2.63. The standard InChI is InChI=1S/C12H15ClF2N2O2/c1-4-19-11(6-12(11,14)15)8-5-7(10(2,3)18)16-9(13)17-8/h5,18H,4,6H2,1-3H3. The molecule has 0 aromatic carbocycles. The summed E-state index contributed by atoms with van der Waals surface area (Å²) in [6.45, 7) is 4.76. The van der Waals surface area contributed by atoms with Crippen LogP contribution < -0.4 is 0 Å². The second-order valence-corrected chi connectivity index (χ2v) is 5.45. The van der Waals surface area contributed by atoms with E-state index in [-0.39, 0.29) is 23.3 Å². The summed E-state index contributed by atoms with van der Waals surface area (Å²) in [5, 5.41) is 9.72. The maximum Gasteiger partial charge on any atom is 0.285 e. The fourth-order valence-electron chi connectivity index (χ4n) is 1.96. The molecule has 1 saturated carbocycles. The molecule has 0 radical (unpaired) electrons. The SMILES string of the molecule is CCOC1(c2cc(C(C)(C)O)nc(Cl)n2)CC1(F)F. The number of alkyl halides is 2. The first-order valence-electron chi connectivity index (χ1n) is 5.92. The molecule has 1 aromatic rings. The van der Waals surface area contributed by atoms with Crippen molar-refractivity contribution in [1.29, 1.82) is 0 Å². The zero-order chi connectivity index (χ0) is 14.5. The van der Waals surface area contributed by atoms with Gasteiger partial charge in [0.15, 0.2) is 5.60 Å². The summed E-state index contributed by atoms with van der Waals surface area (Å²) in [5.41, 5.74) is -2.84.